The van der Waals surface area contributed by atoms with Crippen LogP contribution in [0.2, 0.25) is 0 Å². The highest BCUT2D eigenvalue weighted by Crippen LogP contribution is 2.45. The first-order valence-electron chi connectivity index (χ1n) is 9.36. The number of nitrogens with zero attached hydrogens (tertiary/aromatic N) is 1. The van der Waals surface area contributed by atoms with Gasteiger partial charge in [-0.2, -0.15) is 0 Å². The molecule has 0 aromatic carbocycles. The topological polar surface area (TPSA) is 40.7 Å². The van der Waals surface area contributed by atoms with Gasteiger partial charge >= 0.3 is 0 Å². The Labute approximate surface area is 140 Å². The van der Waals surface area contributed by atoms with Crippen LogP contribution >= 0.6 is 0 Å². The second-order valence-corrected chi connectivity index (χ2v) is 7.31. The van der Waals surface area contributed by atoms with Crippen molar-refractivity contribution < 1.29 is 0 Å². The summed E-state index contributed by atoms with van der Waals surface area (Å²) >= 11 is 0. The van der Waals surface area contributed by atoms with E-state index in [1.807, 2.05) is 6.20 Å². The number of hydrogen-bond donors (Lipinski definition) is 2. The lowest BCUT2D eigenvalue weighted by molar-refractivity contribution is 0.322. The van der Waals surface area contributed by atoms with E-state index in [4.69, 9.17) is 0 Å². The third kappa shape index (κ3) is 4.35. The smallest absolute Gasteiger partial charge is 0.0563 e. The Kier molecular flexibility index (Phi) is 5.37. The molecule has 0 radical (unpaired) electrons. The standard InChI is InChI=1S/C20H31N3/c1-3-19-15-21-14-18(10-9-16(2)23-19)20(11-12-20)22-13-17-7-5-4-6-8-17/h9-10,14-15,17,21-22H,3-8,11-13H2,1-2H3. The molecule has 0 bridgehead atoms. The van der Waals surface area contributed by atoms with Crippen molar-refractivity contribution in [1.82, 2.24) is 15.3 Å². The third-order valence-electron chi connectivity index (χ3n) is 5.43. The number of nitrogens with one attached hydrogen (secondary N) is 2. The van der Waals surface area contributed by atoms with Crippen molar-refractivity contribution in [2.45, 2.75) is 70.8 Å². The van der Waals surface area contributed by atoms with E-state index in [9.17, 15) is 0 Å². The van der Waals surface area contributed by atoms with Crippen LogP contribution < -0.4 is 5.32 Å². The van der Waals surface area contributed by atoms with Gasteiger partial charge in [0, 0.05) is 23.6 Å². The zero-order valence-electron chi connectivity index (χ0n) is 14.7. The van der Waals surface area contributed by atoms with Gasteiger partial charge in [-0.05, 0) is 63.1 Å². The summed E-state index contributed by atoms with van der Waals surface area (Å²) in [6.45, 7) is 5.40. The van der Waals surface area contributed by atoms with E-state index >= 15 is 0 Å². The second kappa shape index (κ2) is 7.48. The number of hydrogen-bond acceptors (Lipinski definition) is 2. The molecule has 2 fully saturated rings. The van der Waals surface area contributed by atoms with Crippen LogP contribution in [0.25, 0.3) is 0 Å². The molecule has 3 heteroatoms. The summed E-state index contributed by atoms with van der Waals surface area (Å²) in [6.07, 6.45) is 14.7. The quantitative estimate of drug-likeness (QED) is 0.836. The Bertz CT molecular complexity index is 564. The van der Waals surface area contributed by atoms with Crippen molar-refractivity contribution in [1.29, 1.82) is 0 Å². The zero-order chi connectivity index (χ0) is 16.1. The van der Waals surface area contributed by atoms with Crippen molar-refractivity contribution in [2.75, 3.05) is 6.54 Å². The molecule has 1 aromatic heterocycles. The number of H-pyrrole nitrogens is 1. The number of rotatable bonds is 5. The number of aromatic nitrogens is 2. The highest BCUT2D eigenvalue weighted by Gasteiger charge is 2.44. The van der Waals surface area contributed by atoms with Crippen LogP contribution in [-0.4, -0.2) is 16.5 Å². The molecule has 2 N–H and O–H groups in total. The van der Waals surface area contributed by atoms with Crippen molar-refractivity contribution in [3.63, 3.8) is 0 Å². The van der Waals surface area contributed by atoms with Crippen LogP contribution in [-0.2, 0) is 12.0 Å². The average molecular weight is 313 g/mol. The lowest BCUT2D eigenvalue weighted by Gasteiger charge is -2.25. The monoisotopic (exact) mass is 313 g/mol. The molecule has 23 heavy (non-hydrogen) atoms. The summed E-state index contributed by atoms with van der Waals surface area (Å²) in [5.74, 6) is 0.880. The first-order chi connectivity index (χ1) is 11.2. The molecule has 2 saturated carbocycles. The van der Waals surface area contributed by atoms with Gasteiger partial charge in [0.25, 0.3) is 0 Å². The maximum atomic E-state index is 4.65. The molecule has 0 unspecified atom stereocenters. The fraction of sp³-hybridized carbons (Fsp3) is 0.650. The van der Waals surface area contributed by atoms with Crippen molar-refractivity contribution in [2.24, 2.45) is 5.92 Å². The summed E-state index contributed by atoms with van der Waals surface area (Å²) in [7, 11) is 0. The van der Waals surface area contributed by atoms with E-state index in [1.54, 1.807) is 0 Å². The molecule has 0 aliphatic heterocycles. The van der Waals surface area contributed by atoms with E-state index in [-0.39, 0.29) is 5.54 Å². The van der Waals surface area contributed by atoms with Gasteiger partial charge in [-0.25, -0.2) is 0 Å². The molecule has 0 amide bonds. The Morgan fingerprint density at radius 2 is 1.96 bits per heavy atom. The minimum Gasteiger partial charge on any atom is -0.366 e. The van der Waals surface area contributed by atoms with Crippen molar-refractivity contribution in [3.05, 3.63) is 41.5 Å². The van der Waals surface area contributed by atoms with Gasteiger partial charge in [0.15, 0.2) is 0 Å². The molecule has 0 spiro atoms. The lowest BCUT2D eigenvalue weighted by Crippen LogP contribution is -2.34. The predicted octanol–water partition coefficient (Wildman–Crippen LogP) is 4.56. The molecule has 2 aliphatic rings. The SMILES string of the molecule is CCc1c[nH]cc(C2(NCC3CCCCC3)CC2)ccc(C)n1. The van der Waals surface area contributed by atoms with Gasteiger partial charge in [0.1, 0.15) is 0 Å². The normalized spacial score (nSPS) is 20.1. The molecule has 2 aliphatic carbocycles. The Morgan fingerprint density at radius 3 is 2.65 bits per heavy atom. The molecular weight excluding hydrogens is 282 g/mol. The van der Waals surface area contributed by atoms with Crippen LogP contribution in [0.4, 0.5) is 0 Å². The van der Waals surface area contributed by atoms with E-state index in [1.165, 1.54) is 57.1 Å². The van der Waals surface area contributed by atoms with Crippen molar-refractivity contribution in [3.8, 4) is 0 Å². The minimum absolute atomic E-state index is 0.200. The number of aromatic amines is 1. The number of aryl methyl sites for hydroxylation is 2. The van der Waals surface area contributed by atoms with E-state index in [0.717, 1.165) is 23.7 Å². The maximum absolute atomic E-state index is 4.65. The largest absolute Gasteiger partial charge is 0.366 e. The van der Waals surface area contributed by atoms with E-state index in [2.05, 4.69) is 47.5 Å². The van der Waals surface area contributed by atoms with Gasteiger partial charge in [-0.3, -0.25) is 4.98 Å². The third-order valence-corrected chi connectivity index (χ3v) is 5.43. The average Bonchev–Trinajstić information content (AvgIpc) is 3.35. The van der Waals surface area contributed by atoms with Gasteiger partial charge < -0.3 is 10.3 Å². The van der Waals surface area contributed by atoms with Gasteiger partial charge in [0.2, 0.25) is 0 Å². The summed E-state index contributed by atoms with van der Waals surface area (Å²) < 4.78 is 0. The fourth-order valence-electron chi connectivity index (χ4n) is 3.68. The zero-order valence-corrected chi connectivity index (χ0v) is 14.7. The maximum Gasteiger partial charge on any atom is 0.0563 e. The molecule has 126 valence electrons. The molecule has 3 nitrogen and oxygen atoms in total. The van der Waals surface area contributed by atoms with Crippen LogP contribution in [0.15, 0.2) is 24.5 Å². The van der Waals surface area contributed by atoms with Crippen LogP contribution in [0.3, 0.4) is 0 Å². The highest BCUT2D eigenvalue weighted by molar-refractivity contribution is 5.27. The van der Waals surface area contributed by atoms with Crippen LogP contribution in [0.5, 0.6) is 0 Å². The van der Waals surface area contributed by atoms with Crippen LogP contribution in [0, 0.1) is 12.8 Å². The van der Waals surface area contributed by atoms with Crippen molar-refractivity contribution >= 4 is 0 Å². The summed E-state index contributed by atoms with van der Waals surface area (Å²) in [6, 6.07) is 4.41. The molecule has 3 rings (SSSR count). The second-order valence-electron chi connectivity index (χ2n) is 7.31. The lowest BCUT2D eigenvalue weighted by atomic mass is 9.89. The fourth-order valence-corrected chi connectivity index (χ4v) is 3.68. The molecular formula is C20H31N3. The van der Waals surface area contributed by atoms with Gasteiger partial charge in [-0.1, -0.05) is 32.3 Å². The molecule has 1 aromatic rings. The summed E-state index contributed by atoms with van der Waals surface area (Å²) in [5, 5.41) is 3.90. The summed E-state index contributed by atoms with van der Waals surface area (Å²) in [5.41, 5.74) is 3.75. The van der Waals surface area contributed by atoms with E-state index in [0.29, 0.717) is 0 Å². The molecule has 0 saturated heterocycles. The van der Waals surface area contributed by atoms with E-state index < -0.39 is 0 Å². The molecule has 0 atom stereocenters. The van der Waals surface area contributed by atoms with Crippen LogP contribution in [0.1, 0.15) is 68.8 Å². The Morgan fingerprint density at radius 1 is 1.17 bits per heavy atom. The first kappa shape index (κ1) is 16.5. The predicted molar refractivity (Wildman–Crippen MR) is 95.8 cm³/mol. The Hall–Kier alpha value is -1.35. The highest BCUT2D eigenvalue weighted by atomic mass is 15.0. The van der Waals surface area contributed by atoms with Gasteiger partial charge in [-0.15, -0.1) is 0 Å². The van der Waals surface area contributed by atoms with Gasteiger partial charge in [0.05, 0.1) is 5.69 Å². The minimum atomic E-state index is 0.200. The first-order valence-corrected chi connectivity index (χ1v) is 9.36. The summed E-state index contributed by atoms with van der Waals surface area (Å²) in [4.78, 5) is 8.01. The molecule has 1 heterocycles. The Balaban J connectivity index is 1.75.